The number of nitrogens with zero attached hydrogens (tertiary/aromatic N) is 1. The number of likely N-dealkylation sites (tertiary alicyclic amines) is 1. The molecule has 0 aromatic heterocycles. The Kier molecular flexibility index (Phi) is 4.43. The highest BCUT2D eigenvalue weighted by molar-refractivity contribution is 6.33. The molecule has 5 heteroatoms. The van der Waals surface area contributed by atoms with Gasteiger partial charge in [0.25, 0.3) is 5.91 Å². The van der Waals surface area contributed by atoms with Crippen LogP contribution in [-0.4, -0.2) is 35.8 Å². The molecule has 0 unspecified atom stereocenters. The summed E-state index contributed by atoms with van der Waals surface area (Å²) in [4.78, 5) is 25.9. The molecule has 0 saturated carbocycles. The van der Waals surface area contributed by atoms with Crippen molar-refractivity contribution in [1.82, 2.24) is 10.2 Å². The average molecular weight is 281 g/mol. The molecule has 1 aromatic rings. The lowest BCUT2D eigenvalue weighted by atomic mass is 10.2. The van der Waals surface area contributed by atoms with Crippen LogP contribution in [0.4, 0.5) is 0 Å². The van der Waals surface area contributed by atoms with Crippen molar-refractivity contribution in [3.05, 3.63) is 34.9 Å². The van der Waals surface area contributed by atoms with Crippen molar-refractivity contribution >= 4 is 23.4 Å². The third kappa shape index (κ3) is 3.26. The van der Waals surface area contributed by atoms with Gasteiger partial charge in [-0.3, -0.25) is 9.59 Å². The number of hydrogen-bond acceptors (Lipinski definition) is 2. The molecule has 1 atom stereocenters. The number of halogens is 1. The summed E-state index contributed by atoms with van der Waals surface area (Å²) in [5.41, 5.74) is 0.394. The molecule has 19 heavy (non-hydrogen) atoms. The molecule has 4 nitrogen and oxygen atoms in total. The zero-order valence-corrected chi connectivity index (χ0v) is 11.6. The molecular weight excluding hydrogens is 264 g/mol. The maximum Gasteiger partial charge on any atom is 0.253 e. The standard InChI is InChI=1S/C14H17ClN2O2/c1-10(14(19)17-8-4-5-9-17)16-13(18)11-6-2-3-7-12(11)15/h2-3,6-7,10H,4-5,8-9H2,1H3,(H,16,18)/t10-/m0/s1. The molecule has 0 radical (unpaired) electrons. The number of benzene rings is 1. The number of hydrogen-bond donors (Lipinski definition) is 1. The molecule has 1 heterocycles. The summed E-state index contributed by atoms with van der Waals surface area (Å²) in [6.45, 7) is 3.27. The van der Waals surface area contributed by atoms with Crippen LogP contribution in [0.3, 0.4) is 0 Å². The fourth-order valence-corrected chi connectivity index (χ4v) is 2.41. The second kappa shape index (κ2) is 6.06. The van der Waals surface area contributed by atoms with Gasteiger partial charge in [0.15, 0.2) is 0 Å². The number of amides is 2. The van der Waals surface area contributed by atoms with Gasteiger partial charge in [-0.1, -0.05) is 23.7 Å². The molecule has 1 N–H and O–H groups in total. The van der Waals surface area contributed by atoms with E-state index in [0.717, 1.165) is 25.9 Å². The lowest BCUT2D eigenvalue weighted by Crippen LogP contribution is -2.46. The number of nitrogens with one attached hydrogen (secondary N) is 1. The summed E-state index contributed by atoms with van der Waals surface area (Å²) in [5.74, 6) is -0.344. The molecule has 0 bridgehead atoms. The van der Waals surface area contributed by atoms with Crippen LogP contribution < -0.4 is 5.32 Å². The van der Waals surface area contributed by atoms with Gasteiger partial charge in [0, 0.05) is 13.1 Å². The van der Waals surface area contributed by atoms with Crippen molar-refractivity contribution in [2.45, 2.75) is 25.8 Å². The van der Waals surface area contributed by atoms with E-state index in [2.05, 4.69) is 5.32 Å². The first-order valence-corrected chi connectivity index (χ1v) is 6.81. The van der Waals surface area contributed by atoms with Crippen molar-refractivity contribution in [3.63, 3.8) is 0 Å². The molecule has 1 aliphatic heterocycles. The van der Waals surface area contributed by atoms with Crippen molar-refractivity contribution in [1.29, 1.82) is 0 Å². The number of rotatable bonds is 3. The van der Waals surface area contributed by atoms with Gasteiger partial charge in [-0.15, -0.1) is 0 Å². The molecule has 1 aromatic carbocycles. The quantitative estimate of drug-likeness (QED) is 0.922. The minimum Gasteiger partial charge on any atom is -0.341 e. The van der Waals surface area contributed by atoms with Crippen molar-refractivity contribution in [3.8, 4) is 0 Å². The maximum absolute atomic E-state index is 12.1. The zero-order valence-electron chi connectivity index (χ0n) is 10.9. The van der Waals surface area contributed by atoms with E-state index in [-0.39, 0.29) is 11.8 Å². The molecular formula is C14H17ClN2O2. The second-order valence-electron chi connectivity index (χ2n) is 4.71. The zero-order chi connectivity index (χ0) is 13.8. The molecule has 2 amide bonds. The number of carbonyl (C=O) groups is 2. The van der Waals surface area contributed by atoms with Gasteiger partial charge >= 0.3 is 0 Å². The van der Waals surface area contributed by atoms with Crippen LogP contribution in [0.1, 0.15) is 30.1 Å². The monoisotopic (exact) mass is 280 g/mol. The first kappa shape index (κ1) is 13.9. The van der Waals surface area contributed by atoms with E-state index >= 15 is 0 Å². The molecule has 1 saturated heterocycles. The van der Waals surface area contributed by atoms with Crippen LogP contribution in [0.25, 0.3) is 0 Å². The molecule has 0 spiro atoms. The predicted molar refractivity (Wildman–Crippen MR) is 74.2 cm³/mol. The summed E-state index contributed by atoms with van der Waals surface area (Å²) < 4.78 is 0. The van der Waals surface area contributed by atoms with E-state index in [9.17, 15) is 9.59 Å². The highest BCUT2D eigenvalue weighted by Crippen LogP contribution is 2.15. The first-order valence-electron chi connectivity index (χ1n) is 6.44. The van der Waals surface area contributed by atoms with E-state index in [4.69, 9.17) is 11.6 Å². The normalized spacial score (nSPS) is 16.2. The fraction of sp³-hybridized carbons (Fsp3) is 0.429. The molecule has 102 valence electrons. The molecule has 1 aliphatic rings. The summed E-state index contributed by atoms with van der Waals surface area (Å²) in [6.07, 6.45) is 2.08. The van der Waals surface area contributed by atoms with Crippen LogP contribution in [0.15, 0.2) is 24.3 Å². The molecule has 0 aliphatic carbocycles. The van der Waals surface area contributed by atoms with Gasteiger partial charge in [0.1, 0.15) is 6.04 Å². The summed E-state index contributed by atoms with van der Waals surface area (Å²) in [7, 11) is 0. The summed E-state index contributed by atoms with van der Waals surface area (Å²) in [6, 6.07) is 6.28. The Morgan fingerprint density at radius 2 is 1.89 bits per heavy atom. The van der Waals surface area contributed by atoms with Gasteiger partial charge in [-0.2, -0.15) is 0 Å². The maximum atomic E-state index is 12.1. The predicted octanol–water partition coefficient (Wildman–Crippen LogP) is 2.08. The third-order valence-electron chi connectivity index (χ3n) is 3.25. The van der Waals surface area contributed by atoms with Crippen LogP contribution in [0, 0.1) is 0 Å². The fourth-order valence-electron chi connectivity index (χ4n) is 2.19. The van der Waals surface area contributed by atoms with E-state index in [0.29, 0.717) is 10.6 Å². The topological polar surface area (TPSA) is 49.4 Å². The first-order chi connectivity index (χ1) is 9.09. The van der Waals surface area contributed by atoms with Crippen molar-refractivity contribution in [2.24, 2.45) is 0 Å². The van der Waals surface area contributed by atoms with E-state index in [1.165, 1.54) is 0 Å². The Hall–Kier alpha value is -1.55. The van der Waals surface area contributed by atoms with Crippen LogP contribution in [0.5, 0.6) is 0 Å². The van der Waals surface area contributed by atoms with Crippen molar-refractivity contribution < 1.29 is 9.59 Å². The van der Waals surface area contributed by atoms with Crippen LogP contribution in [-0.2, 0) is 4.79 Å². The van der Waals surface area contributed by atoms with Gasteiger partial charge in [-0.05, 0) is 31.9 Å². The van der Waals surface area contributed by atoms with Gasteiger partial charge in [0.05, 0.1) is 10.6 Å². The van der Waals surface area contributed by atoms with Crippen LogP contribution in [0.2, 0.25) is 5.02 Å². The Morgan fingerprint density at radius 1 is 1.26 bits per heavy atom. The lowest BCUT2D eigenvalue weighted by molar-refractivity contribution is -0.131. The third-order valence-corrected chi connectivity index (χ3v) is 3.58. The Morgan fingerprint density at radius 3 is 2.53 bits per heavy atom. The summed E-state index contributed by atoms with van der Waals surface area (Å²) in [5, 5.41) is 3.09. The smallest absolute Gasteiger partial charge is 0.253 e. The highest BCUT2D eigenvalue weighted by Gasteiger charge is 2.24. The Labute approximate surface area is 117 Å². The molecule has 2 rings (SSSR count). The van der Waals surface area contributed by atoms with Crippen molar-refractivity contribution in [2.75, 3.05) is 13.1 Å². The lowest BCUT2D eigenvalue weighted by Gasteiger charge is -2.21. The Balaban J connectivity index is 1.98. The van der Waals surface area contributed by atoms with Gasteiger partial charge in [-0.25, -0.2) is 0 Å². The van der Waals surface area contributed by atoms with Gasteiger partial charge < -0.3 is 10.2 Å². The summed E-state index contributed by atoms with van der Waals surface area (Å²) >= 11 is 5.95. The number of carbonyl (C=O) groups excluding carboxylic acids is 2. The SMILES string of the molecule is C[C@H](NC(=O)c1ccccc1Cl)C(=O)N1CCCC1. The minimum atomic E-state index is -0.526. The Bertz CT molecular complexity index is 484. The van der Waals surface area contributed by atoms with Gasteiger partial charge in [0.2, 0.25) is 5.91 Å². The second-order valence-corrected chi connectivity index (χ2v) is 5.11. The van der Waals surface area contributed by atoms with E-state index in [1.54, 1.807) is 36.1 Å². The highest BCUT2D eigenvalue weighted by atomic mass is 35.5. The minimum absolute atomic E-state index is 0.0297. The average Bonchev–Trinajstić information content (AvgIpc) is 2.92. The van der Waals surface area contributed by atoms with E-state index in [1.807, 2.05) is 0 Å². The largest absolute Gasteiger partial charge is 0.341 e. The molecule has 1 fully saturated rings. The van der Waals surface area contributed by atoms with Crippen LogP contribution >= 0.6 is 11.6 Å². The van der Waals surface area contributed by atoms with E-state index < -0.39 is 6.04 Å².